The molecule has 0 saturated carbocycles. The average Bonchev–Trinajstić information content (AvgIpc) is 3.62. The highest BCUT2D eigenvalue weighted by atomic mass is 16.2. The Morgan fingerprint density at radius 3 is 1.35 bits per heavy atom. The zero-order valence-corrected chi connectivity index (χ0v) is 25.9. The summed E-state index contributed by atoms with van der Waals surface area (Å²) < 4.78 is 2.16. The number of amides is 2. The number of anilines is 1. The molecule has 0 saturated heterocycles. The first-order valence-corrected chi connectivity index (χ1v) is 16.0. The topological polar surface area (TPSA) is 42.3 Å². The standard InChI is InChI=1S/C44H28N2O2/c47-43-38-17-10-18-39(42(38)44(48)45(43)35-23-19-32(20-24-35)29-11-4-1-5-12-29)46-40-27-33(30-13-6-2-7-14-30)21-25-36(40)37-26-22-34(28-41(37)46)31-15-8-3-9-16-31/h1-28H. The molecule has 7 aromatic carbocycles. The van der Waals surface area contributed by atoms with Crippen LogP contribution in [-0.2, 0) is 0 Å². The average molecular weight is 617 g/mol. The summed E-state index contributed by atoms with van der Waals surface area (Å²) in [5.41, 5.74) is 10.4. The van der Waals surface area contributed by atoms with E-state index in [9.17, 15) is 9.59 Å². The first-order valence-electron chi connectivity index (χ1n) is 16.0. The van der Waals surface area contributed by atoms with Crippen molar-refractivity contribution in [3.8, 4) is 39.1 Å². The van der Waals surface area contributed by atoms with Crippen LogP contribution in [0.1, 0.15) is 20.7 Å². The van der Waals surface area contributed by atoms with Crippen LogP contribution in [0.4, 0.5) is 5.69 Å². The molecule has 0 fully saturated rings. The van der Waals surface area contributed by atoms with Crippen LogP contribution in [0.15, 0.2) is 170 Å². The Morgan fingerprint density at radius 1 is 0.375 bits per heavy atom. The van der Waals surface area contributed by atoms with Crippen molar-refractivity contribution in [3.05, 3.63) is 181 Å². The van der Waals surface area contributed by atoms with Gasteiger partial charge in [0.2, 0.25) is 0 Å². The maximum Gasteiger partial charge on any atom is 0.268 e. The molecule has 1 aromatic heterocycles. The smallest absolute Gasteiger partial charge is 0.268 e. The summed E-state index contributed by atoms with van der Waals surface area (Å²) in [5, 5.41) is 2.15. The van der Waals surface area contributed by atoms with E-state index in [-0.39, 0.29) is 11.8 Å². The van der Waals surface area contributed by atoms with Crippen LogP contribution in [0.25, 0.3) is 60.9 Å². The van der Waals surface area contributed by atoms with Gasteiger partial charge in [-0.2, -0.15) is 0 Å². The molecule has 8 aromatic rings. The van der Waals surface area contributed by atoms with E-state index in [1.165, 1.54) is 4.90 Å². The lowest BCUT2D eigenvalue weighted by Gasteiger charge is -2.15. The van der Waals surface area contributed by atoms with Gasteiger partial charge in [0, 0.05) is 10.8 Å². The third kappa shape index (κ3) is 4.38. The van der Waals surface area contributed by atoms with Crippen molar-refractivity contribution in [2.75, 3.05) is 4.90 Å². The van der Waals surface area contributed by atoms with E-state index in [0.717, 1.165) is 55.2 Å². The number of rotatable bonds is 5. The Hall–Kier alpha value is -6.52. The summed E-state index contributed by atoms with van der Waals surface area (Å²) in [7, 11) is 0. The molecule has 4 nitrogen and oxygen atoms in total. The number of hydrogen-bond acceptors (Lipinski definition) is 2. The summed E-state index contributed by atoms with van der Waals surface area (Å²) >= 11 is 0. The van der Waals surface area contributed by atoms with Crippen LogP contribution in [0.2, 0.25) is 0 Å². The molecule has 2 heterocycles. The Morgan fingerprint density at radius 2 is 0.833 bits per heavy atom. The molecule has 0 spiro atoms. The number of hydrogen-bond donors (Lipinski definition) is 0. The fraction of sp³-hybridized carbons (Fsp3) is 0. The molecule has 0 N–H and O–H groups in total. The van der Waals surface area contributed by atoms with Gasteiger partial charge in [0.15, 0.2) is 0 Å². The highest BCUT2D eigenvalue weighted by Gasteiger charge is 2.39. The first kappa shape index (κ1) is 27.8. The largest absolute Gasteiger partial charge is 0.308 e. The number of carbonyl (C=O) groups excluding carboxylic acids is 2. The van der Waals surface area contributed by atoms with Crippen molar-refractivity contribution >= 4 is 39.3 Å². The SMILES string of the molecule is O=C1c2cccc(-n3c4cc(-c5ccccc5)ccc4c4ccc(-c5ccccc5)cc43)c2C(=O)N1c1ccc(-c2ccccc2)cc1. The van der Waals surface area contributed by atoms with E-state index >= 15 is 0 Å². The van der Waals surface area contributed by atoms with Crippen LogP contribution in [-0.4, -0.2) is 16.4 Å². The second kappa shape index (κ2) is 11.1. The zero-order chi connectivity index (χ0) is 32.2. The molecule has 1 aliphatic rings. The van der Waals surface area contributed by atoms with E-state index in [0.29, 0.717) is 22.5 Å². The zero-order valence-electron chi connectivity index (χ0n) is 25.9. The highest BCUT2D eigenvalue weighted by Crippen LogP contribution is 2.40. The fourth-order valence-corrected chi connectivity index (χ4v) is 7.02. The number of imide groups is 1. The maximum atomic E-state index is 14.4. The normalized spacial score (nSPS) is 12.6. The van der Waals surface area contributed by atoms with Gasteiger partial charge in [-0.1, -0.05) is 133 Å². The van der Waals surface area contributed by atoms with Gasteiger partial charge in [-0.3, -0.25) is 9.59 Å². The minimum Gasteiger partial charge on any atom is -0.308 e. The number of nitrogens with zero attached hydrogens (tertiary/aromatic N) is 2. The van der Waals surface area contributed by atoms with Gasteiger partial charge in [0.05, 0.1) is 33.5 Å². The quantitative estimate of drug-likeness (QED) is 0.181. The monoisotopic (exact) mass is 616 g/mol. The van der Waals surface area contributed by atoms with Crippen LogP contribution in [0.5, 0.6) is 0 Å². The van der Waals surface area contributed by atoms with E-state index < -0.39 is 0 Å². The van der Waals surface area contributed by atoms with Gasteiger partial charge < -0.3 is 4.57 Å². The third-order valence-corrected chi connectivity index (χ3v) is 9.35. The molecule has 2 amide bonds. The number of benzene rings is 7. The molecule has 4 heteroatoms. The molecular formula is C44H28N2O2. The predicted molar refractivity (Wildman–Crippen MR) is 195 cm³/mol. The van der Waals surface area contributed by atoms with Crippen LogP contribution in [0.3, 0.4) is 0 Å². The Labute approximate surface area is 277 Å². The van der Waals surface area contributed by atoms with Crippen molar-refractivity contribution in [2.24, 2.45) is 0 Å². The minimum atomic E-state index is -0.327. The van der Waals surface area contributed by atoms with E-state index in [1.54, 1.807) is 6.07 Å². The van der Waals surface area contributed by atoms with Gasteiger partial charge >= 0.3 is 0 Å². The van der Waals surface area contributed by atoms with Crippen LogP contribution in [0, 0.1) is 0 Å². The molecular weight excluding hydrogens is 588 g/mol. The van der Waals surface area contributed by atoms with Crippen LogP contribution < -0.4 is 4.90 Å². The van der Waals surface area contributed by atoms with Gasteiger partial charge in [0.25, 0.3) is 11.8 Å². The lowest BCUT2D eigenvalue weighted by molar-refractivity contribution is 0.0926. The molecule has 0 unspecified atom stereocenters. The molecule has 1 aliphatic heterocycles. The number of aromatic nitrogens is 1. The predicted octanol–water partition coefficient (Wildman–Crippen LogP) is 10.6. The molecule has 0 radical (unpaired) electrons. The molecule has 226 valence electrons. The highest BCUT2D eigenvalue weighted by molar-refractivity contribution is 6.35. The van der Waals surface area contributed by atoms with Gasteiger partial charge in [-0.05, 0) is 69.8 Å². The first-order chi connectivity index (χ1) is 23.7. The molecule has 0 bridgehead atoms. The summed E-state index contributed by atoms with van der Waals surface area (Å²) in [5.74, 6) is -0.647. The summed E-state index contributed by atoms with van der Waals surface area (Å²) in [6, 6.07) is 56.9. The Balaban J connectivity index is 1.24. The molecule has 48 heavy (non-hydrogen) atoms. The van der Waals surface area contributed by atoms with Crippen molar-refractivity contribution in [3.63, 3.8) is 0 Å². The Kier molecular flexibility index (Phi) is 6.41. The second-order valence-electron chi connectivity index (χ2n) is 12.1. The van der Waals surface area contributed by atoms with Crippen molar-refractivity contribution < 1.29 is 9.59 Å². The number of carbonyl (C=O) groups is 2. The van der Waals surface area contributed by atoms with Gasteiger partial charge in [0.1, 0.15) is 0 Å². The maximum absolute atomic E-state index is 14.4. The summed E-state index contributed by atoms with van der Waals surface area (Å²) in [6.07, 6.45) is 0. The second-order valence-corrected chi connectivity index (χ2v) is 12.1. The van der Waals surface area contributed by atoms with Gasteiger partial charge in [-0.25, -0.2) is 4.90 Å². The third-order valence-electron chi connectivity index (χ3n) is 9.35. The lowest BCUT2D eigenvalue weighted by Crippen LogP contribution is -2.29. The molecule has 9 rings (SSSR count). The summed E-state index contributed by atoms with van der Waals surface area (Å²) in [4.78, 5) is 29.7. The molecule has 0 aliphatic carbocycles. The van der Waals surface area contributed by atoms with E-state index in [2.05, 4.69) is 65.2 Å². The Bertz CT molecular complexity index is 2420. The van der Waals surface area contributed by atoms with E-state index in [4.69, 9.17) is 0 Å². The van der Waals surface area contributed by atoms with E-state index in [1.807, 2.05) is 103 Å². The van der Waals surface area contributed by atoms with Crippen molar-refractivity contribution in [2.45, 2.75) is 0 Å². The van der Waals surface area contributed by atoms with Crippen molar-refractivity contribution in [1.29, 1.82) is 0 Å². The van der Waals surface area contributed by atoms with Crippen LogP contribution >= 0.6 is 0 Å². The van der Waals surface area contributed by atoms with Gasteiger partial charge in [-0.15, -0.1) is 0 Å². The number of fused-ring (bicyclic) bond motifs is 4. The molecule has 0 atom stereocenters. The fourth-order valence-electron chi connectivity index (χ4n) is 7.02. The minimum absolute atomic E-state index is 0.319. The summed E-state index contributed by atoms with van der Waals surface area (Å²) in [6.45, 7) is 0. The van der Waals surface area contributed by atoms with Crippen molar-refractivity contribution in [1.82, 2.24) is 4.57 Å². The lowest BCUT2D eigenvalue weighted by atomic mass is 10.0.